The van der Waals surface area contributed by atoms with Crippen LogP contribution in [0.4, 0.5) is 0 Å². The molecular formula is C29H41N3O5. The molecule has 0 saturated carbocycles. The van der Waals surface area contributed by atoms with Gasteiger partial charge < -0.3 is 30.4 Å². The molecule has 1 amide bonds. The third-order valence-electron chi connectivity index (χ3n) is 6.44. The van der Waals surface area contributed by atoms with Crippen LogP contribution in [0.15, 0.2) is 42.5 Å². The number of nitrogens with zero attached hydrogens (tertiary/aromatic N) is 1. The zero-order chi connectivity index (χ0) is 27.2. The van der Waals surface area contributed by atoms with Gasteiger partial charge in [0.1, 0.15) is 0 Å². The summed E-state index contributed by atoms with van der Waals surface area (Å²) < 4.78 is 16.4. The van der Waals surface area contributed by atoms with E-state index in [1.165, 1.54) is 0 Å². The SMILES string of the molecule is COCCCOc1cc(C[C@@H](C[C@H](N)[C@@H](O)CNC(=O)Cc2ccc(C#N)cc2)C(C)C)ccc1OC. The number of aliphatic hydroxyl groups excluding tert-OH is 1. The molecule has 8 nitrogen and oxygen atoms in total. The third kappa shape index (κ3) is 10.4. The van der Waals surface area contributed by atoms with E-state index in [9.17, 15) is 9.90 Å². The lowest BCUT2D eigenvalue weighted by Gasteiger charge is -2.27. The fraction of sp³-hybridized carbons (Fsp3) is 0.517. The maximum absolute atomic E-state index is 12.3. The van der Waals surface area contributed by atoms with Crippen molar-refractivity contribution in [1.82, 2.24) is 5.32 Å². The highest BCUT2D eigenvalue weighted by Crippen LogP contribution is 2.31. The second-order valence-corrected chi connectivity index (χ2v) is 9.64. The Hall–Kier alpha value is -3.12. The molecule has 0 radical (unpaired) electrons. The van der Waals surface area contributed by atoms with Crippen molar-refractivity contribution in [3.8, 4) is 17.6 Å². The number of aliphatic hydroxyl groups is 1. The predicted octanol–water partition coefficient (Wildman–Crippen LogP) is 3.23. The standard InChI is InChI=1S/C29H41N3O5/c1-20(2)24(14-23-10-11-27(36-4)28(15-23)37-13-5-12-35-3)17-25(31)26(33)19-32-29(34)16-21-6-8-22(18-30)9-7-21/h6-11,15,20,24-26,33H,5,12-14,16-17,19,31H2,1-4H3,(H,32,34)/t24-,25-,26-/m0/s1. The first-order chi connectivity index (χ1) is 17.8. The summed E-state index contributed by atoms with van der Waals surface area (Å²) in [6.07, 6.45) is 1.49. The van der Waals surface area contributed by atoms with Crippen LogP contribution in [0.25, 0.3) is 0 Å². The van der Waals surface area contributed by atoms with Gasteiger partial charge in [0.05, 0.1) is 37.9 Å². The first-order valence-corrected chi connectivity index (χ1v) is 12.7. The lowest BCUT2D eigenvalue weighted by Crippen LogP contribution is -2.45. The van der Waals surface area contributed by atoms with Crippen molar-refractivity contribution in [2.24, 2.45) is 17.6 Å². The van der Waals surface area contributed by atoms with Crippen molar-refractivity contribution in [2.75, 3.05) is 34.0 Å². The Balaban J connectivity index is 1.90. The molecule has 0 fully saturated rings. The van der Waals surface area contributed by atoms with Gasteiger partial charge in [0.2, 0.25) is 5.91 Å². The lowest BCUT2D eigenvalue weighted by atomic mass is 9.83. The quantitative estimate of drug-likeness (QED) is 0.295. The number of nitrogens with one attached hydrogen (secondary N) is 1. The second-order valence-electron chi connectivity index (χ2n) is 9.64. The summed E-state index contributed by atoms with van der Waals surface area (Å²) in [6.45, 7) is 5.55. The number of carbonyl (C=O) groups excluding carboxylic acids is 1. The predicted molar refractivity (Wildman–Crippen MR) is 143 cm³/mol. The number of amides is 1. The molecule has 0 spiro atoms. The molecule has 0 aliphatic carbocycles. The molecule has 0 bridgehead atoms. The van der Waals surface area contributed by atoms with Crippen molar-refractivity contribution in [2.45, 2.75) is 51.7 Å². The minimum absolute atomic E-state index is 0.0864. The van der Waals surface area contributed by atoms with Crippen molar-refractivity contribution in [3.05, 3.63) is 59.2 Å². The van der Waals surface area contributed by atoms with Gasteiger partial charge in [-0.25, -0.2) is 0 Å². The molecular weight excluding hydrogens is 470 g/mol. The van der Waals surface area contributed by atoms with E-state index in [1.807, 2.05) is 18.2 Å². The molecule has 0 unspecified atom stereocenters. The number of methoxy groups -OCH3 is 2. The van der Waals surface area contributed by atoms with Gasteiger partial charge in [-0.15, -0.1) is 0 Å². The van der Waals surface area contributed by atoms with Gasteiger partial charge in [-0.3, -0.25) is 4.79 Å². The van der Waals surface area contributed by atoms with Gasteiger partial charge in [-0.2, -0.15) is 5.26 Å². The maximum atomic E-state index is 12.3. The number of rotatable bonds is 16. The Morgan fingerprint density at radius 1 is 1.08 bits per heavy atom. The van der Waals surface area contributed by atoms with E-state index < -0.39 is 12.1 Å². The Labute approximate surface area is 220 Å². The largest absolute Gasteiger partial charge is 0.493 e. The van der Waals surface area contributed by atoms with E-state index in [0.29, 0.717) is 42.6 Å². The molecule has 202 valence electrons. The van der Waals surface area contributed by atoms with Gasteiger partial charge in [-0.05, 0) is 60.1 Å². The summed E-state index contributed by atoms with van der Waals surface area (Å²) in [5, 5.41) is 22.3. The van der Waals surface area contributed by atoms with Crippen molar-refractivity contribution >= 4 is 5.91 Å². The number of ether oxygens (including phenoxy) is 3. The molecule has 4 N–H and O–H groups in total. The second kappa shape index (κ2) is 15.9. The minimum Gasteiger partial charge on any atom is -0.493 e. The first kappa shape index (κ1) is 30.1. The molecule has 37 heavy (non-hydrogen) atoms. The van der Waals surface area contributed by atoms with E-state index in [1.54, 1.807) is 38.5 Å². The summed E-state index contributed by atoms with van der Waals surface area (Å²) in [5.41, 5.74) is 8.82. The van der Waals surface area contributed by atoms with Crippen molar-refractivity contribution < 1.29 is 24.1 Å². The van der Waals surface area contributed by atoms with Gasteiger partial charge in [0, 0.05) is 32.7 Å². The first-order valence-electron chi connectivity index (χ1n) is 12.7. The van der Waals surface area contributed by atoms with E-state index >= 15 is 0 Å². The van der Waals surface area contributed by atoms with Crippen LogP contribution in [0.3, 0.4) is 0 Å². The zero-order valence-corrected chi connectivity index (χ0v) is 22.4. The fourth-order valence-corrected chi connectivity index (χ4v) is 4.06. The van der Waals surface area contributed by atoms with Gasteiger partial charge in [0.25, 0.3) is 0 Å². The average molecular weight is 512 g/mol. The smallest absolute Gasteiger partial charge is 0.224 e. The maximum Gasteiger partial charge on any atom is 0.224 e. The summed E-state index contributed by atoms with van der Waals surface area (Å²) >= 11 is 0. The summed E-state index contributed by atoms with van der Waals surface area (Å²) in [7, 11) is 3.29. The Bertz CT molecular complexity index is 1000. The van der Waals surface area contributed by atoms with Crippen LogP contribution in [0.5, 0.6) is 11.5 Å². The summed E-state index contributed by atoms with van der Waals surface area (Å²) in [5.74, 6) is 1.76. The summed E-state index contributed by atoms with van der Waals surface area (Å²) in [4.78, 5) is 12.3. The molecule has 2 aromatic rings. The number of nitrogens with two attached hydrogens (primary N) is 1. The van der Waals surface area contributed by atoms with Crippen LogP contribution in [0, 0.1) is 23.2 Å². The molecule has 0 aliphatic heterocycles. The Morgan fingerprint density at radius 2 is 1.78 bits per heavy atom. The van der Waals surface area contributed by atoms with Crippen LogP contribution < -0.4 is 20.5 Å². The average Bonchev–Trinajstić information content (AvgIpc) is 2.89. The molecule has 2 aromatic carbocycles. The normalized spacial score (nSPS) is 13.5. The molecule has 0 aliphatic rings. The number of benzene rings is 2. The molecule has 3 atom stereocenters. The highest BCUT2D eigenvalue weighted by molar-refractivity contribution is 5.78. The summed E-state index contributed by atoms with van der Waals surface area (Å²) in [6, 6.07) is 14.4. The third-order valence-corrected chi connectivity index (χ3v) is 6.44. The highest BCUT2D eigenvalue weighted by Gasteiger charge is 2.23. The molecule has 8 heteroatoms. The van der Waals surface area contributed by atoms with Crippen molar-refractivity contribution in [3.63, 3.8) is 0 Å². The van der Waals surface area contributed by atoms with Crippen LogP contribution >= 0.6 is 0 Å². The van der Waals surface area contributed by atoms with E-state index in [2.05, 4.69) is 25.2 Å². The van der Waals surface area contributed by atoms with Gasteiger partial charge in [-0.1, -0.05) is 32.0 Å². The topological polar surface area (TPSA) is 127 Å². The molecule has 0 aromatic heterocycles. The fourth-order valence-electron chi connectivity index (χ4n) is 4.06. The molecule has 2 rings (SSSR count). The number of hydrogen-bond donors (Lipinski definition) is 3. The highest BCUT2D eigenvalue weighted by atomic mass is 16.5. The Kier molecular flexibility index (Phi) is 12.9. The molecule has 0 saturated heterocycles. The van der Waals surface area contributed by atoms with Gasteiger partial charge in [0.15, 0.2) is 11.5 Å². The number of carbonyl (C=O) groups is 1. The number of nitriles is 1. The van der Waals surface area contributed by atoms with Crippen LogP contribution in [0.1, 0.15) is 43.4 Å². The molecule has 0 heterocycles. The minimum atomic E-state index is -0.860. The van der Waals surface area contributed by atoms with E-state index in [4.69, 9.17) is 25.2 Å². The number of hydrogen-bond acceptors (Lipinski definition) is 7. The van der Waals surface area contributed by atoms with Crippen LogP contribution in [-0.4, -0.2) is 57.1 Å². The zero-order valence-electron chi connectivity index (χ0n) is 22.4. The van der Waals surface area contributed by atoms with Crippen molar-refractivity contribution in [1.29, 1.82) is 5.26 Å². The van der Waals surface area contributed by atoms with Crippen LogP contribution in [-0.2, 0) is 22.4 Å². The van der Waals surface area contributed by atoms with Crippen LogP contribution in [0.2, 0.25) is 0 Å². The lowest BCUT2D eigenvalue weighted by molar-refractivity contribution is -0.121. The van der Waals surface area contributed by atoms with Gasteiger partial charge >= 0.3 is 0 Å². The Morgan fingerprint density at radius 3 is 2.41 bits per heavy atom. The van der Waals surface area contributed by atoms with E-state index in [0.717, 1.165) is 24.0 Å². The van der Waals surface area contributed by atoms with E-state index in [-0.39, 0.29) is 24.8 Å². The monoisotopic (exact) mass is 511 g/mol.